The van der Waals surface area contributed by atoms with Gasteiger partial charge < -0.3 is 9.80 Å². The Balaban J connectivity index is 1.27. The minimum Gasteiger partial charge on any atom is -0.346 e. The largest absolute Gasteiger partial charge is 0.346 e. The SMILES string of the molecule is Cc1csc(N2CCCN(C(=O)c3csc(-c4cnn(-c5ccccc5)c4)n3)CC2)n1. The van der Waals surface area contributed by atoms with Crippen molar-refractivity contribution >= 4 is 33.7 Å². The van der Waals surface area contributed by atoms with E-state index in [-0.39, 0.29) is 5.91 Å². The first-order valence-electron chi connectivity index (χ1n) is 10.2. The molecule has 1 amide bonds. The van der Waals surface area contributed by atoms with Crippen LogP contribution in [-0.2, 0) is 0 Å². The van der Waals surface area contributed by atoms with Crippen LogP contribution in [0.25, 0.3) is 16.3 Å². The Labute approximate surface area is 188 Å². The number of hydrogen-bond donors (Lipinski definition) is 0. The van der Waals surface area contributed by atoms with Gasteiger partial charge in [-0.1, -0.05) is 18.2 Å². The summed E-state index contributed by atoms with van der Waals surface area (Å²) in [6.45, 7) is 5.13. The second-order valence-corrected chi connectivity index (χ2v) is 9.15. The molecule has 4 heterocycles. The summed E-state index contributed by atoms with van der Waals surface area (Å²) in [7, 11) is 0. The van der Waals surface area contributed by atoms with Crippen LogP contribution in [0.5, 0.6) is 0 Å². The highest BCUT2D eigenvalue weighted by Gasteiger charge is 2.23. The predicted octanol–water partition coefficient (Wildman–Crippen LogP) is 4.11. The third-order valence-corrected chi connectivity index (χ3v) is 7.14. The van der Waals surface area contributed by atoms with Gasteiger partial charge in [-0.2, -0.15) is 5.10 Å². The Morgan fingerprint density at radius 3 is 2.68 bits per heavy atom. The average Bonchev–Trinajstić information content (AvgIpc) is 3.52. The van der Waals surface area contributed by atoms with Crippen molar-refractivity contribution in [1.82, 2.24) is 24.6 Å². The molecule has 0 aliphatic carbocycles. The lowest BCUT2D eigenvalue weighted by Gasteiger charge is -2.21. The van der Waals surface area contributed by atoms with Crippen LogP contribution in [0.2, 0.25) is 0 Å². The number of anilines is 1. The zero-order valence-corrected chi connectivity index (χ0v) is 18.8. The fraction of sp³-hybridized carbons (Fsp3) is 0.273. The molecular weight excluding hydrogens is 428 g/mol. The minimum atomic E-state index is -0.00452. The molecule has 1 aliphatic rings. The molecule has 31 heavy (non-hydrogen) atoms. The van der Waals surface area contributed by atoms with Crippen LogP contribution in [0.15, 0.2) is 53.5 Å². The molecule has 4 aromatic rings. The Morgan fingerprint density at radius 1 is 1.00 bits per heavy atom. The zero-order valence-electron chi connectivity index (χ0n) is 17.1. The number of rotatable bonds is 4. The van der Waals surface area contributed by atoms with Crippen LogP contribution < -0.4 is 4.90 Å². The van der Waals surface area contributed by atoms with Gasteiger partial charge in [-0.25, -0.2) is 14.6 Å². The first kappa shape index (κ1) is 19.9. The third kappa shape index (κ3) is 4.24. The number of aryl methyl sites for hydroxylation is 1. The topological polar surface area (TPSA) is 67.2 Å². The van der Waals surface area contributed by atoms with Crippen molar-refractivity contribution < 1.29 is 4.79 Å². The molecule has 158 valence electrons. The van der Waals surface area contributed by atoms with Crippen molar-refractivity contribution in [3.8, 4) is 16.3 Å². The number of carbonyl (C=O) groups excluding carboxylic acids is 1. The molecule has 0 spiro atoms. The first-order valence-corrected chi connectivity index (χ1v) is 12.0. The van der Waals surface area contributed by atoms with Crippen molar-refractivity contribution in [3.63, 3.8) is 0 Å². The molecule has 1 saturated heterocycles. The maximum absolute atomic E-state index is 13.1. The number of nitrogens with zero attached hydrogens (tertiary/aromatic N) is 6. The van der Waals surface area contributed by atoms with Gasteiger partial charge in [0.15, 0.2) is 5.13 Å². The molecule has 0 atom stereocenters. The Kier molecular flexibility index (Phi) is 5.52. The molecule has 0 unspecified atom stereocenters. The summed E-state index contributed by atoms with van der Waals surface area (Å²) in [6, 6.07) is 9.95. The molecule has 1 aliphatic heterocycles. The van der Waals surface area contributed by atoms with Crippen LogP contribution in [0, 0.1) is 6.92 Å². The maximum atomic E-state index is 13.1. The van der Waals surface area contributed by atoms with E-state index >= 15 is 0 Å². The third-order valence-electron chi connectivity index (χ3n) is 5.23. The molecule has 0 bridgehead atoms. The van der Waals surface area contributed by atoms with Gasteiger partial charge >= 0.3 is 0 Å². The molecular formula is C22H22N6OS2. The second-order valence-electron chi connectivity index (χ2n) is 7.45. The second kappa shape index (κ2) is 8.60. The number of benzene rings is 1. The Hall–Kier alpha value is -3.04. The Morgan fingerprint density at radius 2 is 1.87 bits per heavy atom. The number of thiazole rings is 2. The molecule has 7 nitrogen and oxygen atoms in total. The smallest absolute Gasteiger partial charge is 0.273 e. The maximum Gasteiger partial charge on any atom is 0.273 e. The van der Waals surface area contributed by atoms with Crippen LogP contribution in [0.4, 0.5) is 5.13 Å². The molecule has 1 fully saturated rings. The predicted molar refractivity (Wildman–Crippen MR) is 124 cm³/mol. The number of amides is 1. The van der Waals surface area contributed by atoms with Gasteiger partial charge in [0.05, 0.1) is 17.6 Å². The van der Waals surface area contributed by atoms with E-state index in [9.17, 15) is 4.79 Å². The number of carbonyl (C=O) groups is 1. The first-order chi connectivity index (χ1) is 15.2. The van der Waals surface area contributed by atoms with E-state index in [0.29, 0.717) is 12.2 Å². The van der Waals surface area contributed by atoms with Crippen molar-refractivity contribution in [2.24, 2.45) is 0 Å². The van der Waals surface area contributed by atoms with Crippen LogP contribution in [0.3, 0.4) is 0 Å². The molecule has 0 radical (unpaired) electrons. The lowest BCUT2D eigenvalue weighted by atomic mass is 10.3. The van der Waals surface area contributed by atoms with Gasteiger partial charge in [-0.3, -0.25) is 4.79 Å². The minimum absolute atomic E-state index is 0.00452. The number of hydrogen-bond acceptors (Lipinski definition) is 7. The fourth-order valence-electron chi connectivity index (χ4n) is 3.62. The van der Waals surface area contributed by atoms with Gasteiger partial charge in [-0.05, 0) is 25.5 Å². The lowest BCUT2D eigenvalue weighted by molar-refractivity contribution is 0.0762. The van der Waals surface area contributed by atoms with E-state index in [0.717, 1.165) is 53.1 Å². The van der Waals surface area contributed by atoms with Crippen molar-refractivity contribution in [1.29, 1.82) is 0 Å². The summed E-state index contributed by atoms with van der Waals surface area (Å²) in [5.41, 5.74) is 3.45. The monoisotopic (exact) mass is 450 g/mol. The number of para-hydroxylation sites is 1. The Bertz CT molecular complexity index is 1180. The highest BCUT2D eigenvalue weighted by Crippen LogP contribution is 2.26. The standard InChI is InChI=1S/C22H22N6OS2/c1-16-14-31-22(24-16)27-9-5-8-26(10-11-27)21(29)19-15-30-20(25-19)17-12-23-28(13-17)18-6-3-2-4-7-18/h2-4,6-7,12-15H,5,8-11H2,1H3. The van der Waals surface area contributed by atoms with Crippen LogP contribution in [0.1, 0.15) is 22.6 Å². The molecule has 9 heteroatoms. The summed E-state index contributed by atoms with van der Waals surface area (Å²) in [4.78, 5) is 26.5. The van der Waals surface area contributed by atoms with Gasteiger partial charge in [-0.15, -0.1) is 22.7 Å². The van der Waals surface area contributed by atoms with E-state index in [1.807, 2.05) is 58.4 Å². The van der Waals surface area contributed by atoms with Crippen LogP contribution in [-0.4, -0.2) is 56.7 Å². The van der Waals surface area contributed by atoms with E-state index in [1.165, 1.54) is 11.3 Å². The van der Waals surface area contributed by atoms with Crippen molar-refractivity contribution in [2.45, 2.75) is 13.3 Å². The number of aromatic nitrogens is 4. The normalized spacial score (nSPS) is 14.6. The summed E-state index contributed by atoms with van der Waals surface area (Å²) in [5, 5.41) is 10.2. The molecule has 1 aromatic carbocycles. The highest BCUT2D eigenvalue weighted by atomic mass is 32.1. The van der Waals surface area contributed by atoms with Gasteiger partial charge in [0.1, 0.15) is 10.7 Å². The van der Waals surface area contributed by atoms with E-state index < -0.39 is 0 Å². The van der Waals surface area contributed by atoms with Gasteiger partial charge in [0, 0.05) is 48.7 Å². The fourth-order valence-corrected chi connectivity index (χ4v) is 5.25. The van der Waals surface area contributed by atoms with Crippen molar-refractivity contribution in [3.05, 3.63) is 64.9 Å². The molecule has 0 saturated carbocycles. The summed E-state index contributed by atoms with van der Waals surface area (Å²) in [6.07, 6.45) is 4.66. The molecule has 3 aromatic heterocycles. The van der Waals surface area contributed by atoms with Gasteiger partial charge in [0.2, 0.25) is 0 Å². The van der Waals surface area contributed by atoms with Crippen molar-refractivity contribution in [2.75, 3.05) is 31.1 Å². The van der Waals surface area contributed by atoms with Gasteiger partial charge in [0.25, 0.3) is 5.91 Å². The molecule has 5 rings (SSSR count). The quantitative estimate of drug-likeness (QED) is 0.468. The zero-order chi connectivity index (χ0) is 21.2. The molecule has 0 N–H and O–H groups in total. The van der Waals surface area contributed by atoms with E-state index in [4.69, 9.17) is 0 Å². The van der Waals surface area contributed by atoms with E-state index in [2.05, 4.69) is 25.3 Å². The lowest BCUT2D eigenvalue weighted by Crippen LogP contribution is -2.35. The summed E-state index contributed by atoms with van der Waals surface area (Å²) >= 11 is 3.14. The van der Waals surface area contributed by atoms with E-state index in [1.54, 1.807) is 17.5 Å². The summed E-state index contributed by atoms with van der Waals surface area (Å²) < 4.78 is 1.82. The summed E-state index contributed by atoms with van der Waals surface area (Å²) in [5.74, 6) is -0.00452. The average molecular weight is 451 g/mol. The van der Waals surface area contributed by atoms with Crippen LogP contribution >= 0.6 is 22.7 Å². The highest BCUT2D eigenvalue weighted by molar-refractivity contribution is 7.13.